The highest BCUT2D eigenvalue weighted by molar-refractivity contribution is 7.99. The van der Waals surface area contributed by atoms with E-state index >= 15 is 0 Å². The molecule has 1 nitrogen and oxygen atoms in total. The van der Waals surface area contributed by atoms with E-state index in [2.05, 4.69) is 24.0 Å². The average molecular weight is 213 g/mol. The van der Waals surface area contributed by atoms with Gasteiger partial charge in [-0.1, -0.05) is 13.3 Å². The Bertz CT molecular complexity index is 166. The number of hydrogen-bond acceptors (Lipinski definition) is 2. The largest absolute Gasteiger partial charge is 0.316 e. The van der Waals surface area contributed by atoms with Crippen molar-refractivity contribution in [3.05, 3.63) is 0 Å². The van der Waals surface area contributed by atoms with E-state index in [-0.39, 0.29) is 0 Å². The van der Waals surface area contributed by atoms with Crippen LogP contribution in [-0.2, 0) is 0 Å². The van der Waals surface area contributed by atoms with Crippen LogP contribution in [0.2, 0.25) is 0 Å². The average Bonchev–Trinajstić information content (AvgIpc) is 2.62. The first-order valence-corrected chi connectivity index (χ1v) is 7.29. The van der Waals surface area contributed by atoms with E-state index in [1.54, 1.807) is 0 Å². The molecule has 0 aromatic heterocycles. The molecule has 1 N–H and O–H groups in total. The number of nitrogens with one attached hydrogen (secondary N) is 1. The Morgan fingerprint density at radius 1 is 1.43 bits per heavy atom. The van der Waals surface area contributed by atoms with Crippen molar-refractivity contribution >= 4 is 11.8 Å². The monoisotopic (exact) mass is 213 g/mol. The highest BCUT2D eigenvalue weighted by Gasteiger charge is 2.34. The first kappa shape index (κ1) is 10.8. The lowest BCUT2D eigenvalue weighted by Gasteiger charge is -2.41. The Labute approximate surface area is 92.4 Å². The van der Waals surface area contributed by atoms with E-state index in [1.165, 1.54) is 56.7 Å². The number of thioether (sulfide) groups is 1. The fraction of sp³-hybridized carbons (Fsp3) is 1.00. The molecule has 1 atom stereocenters. The Hall–Kier alpha value is 0.310. The zero-order valence-corrected chi connectivity index (χ0v) is 10.2. The van der Waals surface area contributed by atoms with E-state index in [4.69, 9.17) is 0 Å². The topological polar surface area (TPSA) is 12.0 Å². The van der Waals surface area contributed by atoms with Crippen molar-refractivity contribution < 1.29 is 0 Å². The highest BCUT2D eigenvalue weighted by atomic mass is 32.2. The molecule has 0 amide bonds. The van der Waals surface area contributed by atoms with Gasteiger partial charge in [-0.2, -0.15) is 11.8 Å². The van der Waals surface area contributed by atoms with Crippen molar-refractivity contribution in [1.29, 1.82) is 0 Å². The minimum atomic E-state index is 0.700. The Kier molecular flexibility index (Phi) is 3.78. The zero-order valence-electron chi connectivity index (χ0n) is 9.35. The Balaban J connectivity index is 1.61. The second-order valence-corrected chi connectivity index (χ2v) is 6.22. The number of rotatable bonds is 5. The number of hydrogen-bond donors (Lipinski definition) is 1. The van der Waals surface area contributed by atoms with E-state index in [0.29, 0.717) is 5.41 Å². The van der Waals surface area contributed by atoms with Crippen LogP contribution in [-0.4, -0.2) is 24.6 Å². The van der Waals surface area contributed by atoms with Gasteiger partial charge in [0, 0.05) is 6.54 Å². The highest BCUT2D eigenvalue weighted by Crippen LogP contribution is 2.43. The van der Waals surface area contributed by atoms with Crippen LogP contribution < -0.4 is 5.32 Å². The van der Waals surface area contributed by atoms with Crippen LogP contribution in [0.1, 0.15) is 39.0 Å². The van der Waals surface area contributed by atoms with Gasteiger partial charge in [0.05, 0.1) is 0 Å². The smallest absolute Gasteiger partial charge is 0.000782 e. The molecule has 1 saturated carbocycles. The van der Waals surface area contributed by atoms with Gasteiger partial charge < -0.3 is 5.32 Å². The van der Waals surface area contributed by atoms with Crippen molar-refractivity contribution in [2.24, 2.45) is 11.3 Å². The molecule has 1 aliphatic heterocycles. The van der Waals surface area contributed by atoms with Gasteiger partial charge in [0.1, 0.15) is 0 Å². The van der Waals surface area contributed by atoms with E-state index in [1.807, 2.05) is 0 Å². The summed E-state index contributed by atoms with van der Waals surface area (Å²) < 4.78 is 0. The van der Waals surface area contributed by atoms with E-state index < -0.39 is 0 Å². The van der Waals surface area contributed by atoms with Gasteiger partial charge in [-0.3, -0.25) is 0 Å². The fourth-order valence-corrected chi connectivity index (χ4v) is 3.90. The molecule has 1 aliphatic carbocycles. The lowest BCUT2D eigenvalue weighted by Crippen LogP contribution is -2.40. The summed E-state index contributed by atoms with van der Waals surface area (Å²) >= 11 is 2.13. The molecule has 2 fully saturated rings. The van der Waals surface area contributed by atoms with Crippen LogP contribution in [0.15, 0.2) is 0 Å². The van der Waals surface area contributed by atoms with Crippen LogP contribution in [0.3, 0.4) is 0 Å². The van der Waals surface area contributed by atoms with Crippen LogP contribution in [0.4, 0.5) is 0 Å². The lowest BCUT2D eigenvalue weighted by molar-refractivity contribution is 0.123. The quantitative estimate of drug-likeness (QED) is 0.753. The van der Waals surface area contributed by atoms with Crippen molar-refractivity contribution in [2.45, 2.75) is 39.0 Å². The Morgan fingerprint density at radius 2 is 2.29 bits per heavy atom. The molecule has 1 saturated heterocycles. The van der Waals surface area contributed by atoms with Crippen LogP contribution in [0.5, 0.6) is 0 Å². The molecule has 0 aromatic rings. The second kappa shape index (κ2) is 4.89. The van der Waals surface area contributed by atoms with Gasteiger partial charge in [-0.15, -0.1) is 0 Å². The predicted molar refractivity (Wildman–Crippen MR) is 64.9 cm³/mol. The van der Waals surface area contributed by atoms with Gasteiger partial charge in [-0.25, -0.2) is 0 Å². The third kappa shape index (κ3) is 2.46. The maximum Gasteiger partial charge on any atom is 0.000782 e. The summed E-state index contributed by atoms with van der Waals surface area (Å²) in [6.07, 6.45) is 7.22. The van der Waals surface area contributed by atoms with Gasteiger partial charge >= 0.3 is 0 Å². The van der Waals surface area contributed by atoms with Crippen LogP contribution in [0, 0.1) is 11.3 Å². The van der Waals surface area contributed by atoms with Crippen molar-refractivity contribution in [3.63, 3.8) is 0 Å². The van der Waals surface area contributed by atoms with E-state index in [0.717, 1.165) is 5.92 Å². The molecule has 1 heterocycles. The van der Waals surface area contributed by atoms with Crippen LogP contribution >= 0.6 is 11.8 Å². The minimum Gasteiger partial charge on any atom is -0.316 e. The van der Waals surface area contributed by atoms with Gasteiger partial charge in [0.2, 0.25) is 0 Å². The first-order chi connectivity index (χ1) is 6.85. The lowest BCUT2D eigenvalue weighted by atomic mass is 9.67. The summed E-state index contributed by atoms with van der Waals surface area (Å²) in [7, 11) is 0. The molecule has 82 valence electrons. The molecule has 1 unspecified atom stereocenters. The molecule has 2 aliphatic rings. The predicted octanol–water partition coefficient (Wildman–Crippen LogP) is 2.91. The normalized spacial score (nSPS) is 30.2. The summed E-state index contributed by atoms with van der Waals surface area (Å²) in [5.74, 6) is 3.76. The molecule has 0 aromatic carbocycles. The SMILES string of the molecule is CCC1(CNCC2CCSC2)CCC1. The molecular weight excluding hydrogens is 190 g/mol. The summed E-state index contributed by atoms with van der Waals surface area (Å²) in [6, 6.07) is 0. The third-order valence-corrected chi connectivity index (χ3v) is 5.35. The molecule has 14 heavy (non-hydrogen) atoms. The first-order valence-electron chi connectivity index (χ1n) is 6.13. The van der Waals surface area contributed by atoms with Crippen molar-refractivity contribution in [1.82, 2.24) is 5.32 Å². The molecular formula is C12H23NS. The molecule has 0 spiro atoms. The van der Waals surface area contributed by atoms with Gasteiger partial charge in [0.15, 0.2) is 0 Å². The molecule has 2 rings (SSSR count). The summed E-state index contributed by atoms with van der Waals surface area (Å²) in [6.45, 7) is 4.91. The second-order valence-electron chi connectivity index (χ2n) is 5.07. The van der Waals surface area contributed by atoms with Gasteiger partial charge in [0.25, 0.3) is 0 Å². The fourth-order valence-electron chi connectivity index (χ4n) is 2.62. The molecule has 0 bridgehead atoms. The minimum absolute atomic E-state index is 0.700. The third-order valence-electron chi connectivity index (χ3n) is 4.12. The van der Waals surface area contributed by atoms with Crippen molar-refractivity contribution in [2.75, 3.05) is 24.6 Å². The summed E-state index contributed by atoms with van der Waals surface area (Å²) in [5, 5.41) is 3.71. The maximum atomic E-state index is 3.71. The zero-order chi connectivity index (χ0) is 9.86. The molecule has 0 radical (unpaired) electrons. The van der Waals surface area contributed by atoms with Crippen molar-refractivity contribution in [3.8, 4) is 0 Å². The summed E-state index contributed by atoms with van der Waals surface area (Å²) in [4.78, 5) is 0. The summed E-state index contributed by atoms with van der Waals surface area (Å²) in [5.41, 5.74) is 0.700. The van der Waals surface area contributed by atoms with Gasteiger partial charge in [-0.05, 0) is 55.1 Å². The van der Waals surface area contributed by atoms with E-state index in [9.17, 15) is 0 Å². The van der Waals surface area contributed by atoms with Crippen LogP contribution in [0.25, 0.3) is 0 Å². The maximum absolute atomic E-state index is 3.71. The Morgan fingerprint density at radius 3 is 2.79 bits per heavy atom. The molecule has 2 heteroatoms. The standard InChI is InChI=1S/C12H23NS/c1-2-12(5-3-6-12)10-13-8-11-4-7-14-9-11/h11,13H,2-10H2,1H3.